The summed E-state index contributed by atoms with van der Waals surface area (Å²) in [5, 5.41) is 9.10. The Morgan fingerprint density at radius 3 is 3.00 bits per heavy atom. The van der Waals surface area contributed by atoms with Gasteiger partial charge in [0, 0.05) is 19.4 Å². The van der Waals surface area contributed by atoms with Crippen LogP contribution in [0.25, 0.3) is 11.3 Å². The zero-order valence-corrected chi connectivity index (χ0v) is 9.05. The van der Waals surface area contributed by atoms with Crippen molar-refractivity contribution in [3.63, 3.8) is 0 Å². The number of ketones is 1. The fourth-order valence-electron chi connectivity index (χ4n) is 2.21. The SMILES string of the molecule is O=C1CC(CO)Cc2occ(-c3cnco3)c21. The lowest BCUT2D eigenvalue weighted by Crippen LogP contribution is -2.21. The van der Waals surface area contributed by atoms with Gasteiger partial charge in [-0.2, -0.15) is 0 Å². The number of rotatable bonds is 2. The van der Waals surface area contributed by atoms with Crippen LogP contribution in [0.15, 0.2) is 27.7 Å². The maximum atomic E-state index is 12.0. The van der Waals surface area contributed by atoms with Gasteiger partial charge in [-0.15, -0.1) is 0 Å². The lowest BCUT2D eigenvalue weighted by atomic mass is 9.86. The number of nitrogens with zero attached hydrogens (tertiary/aromatic N) is 1. The molecule has 0 amide bonds. The maximum absolute atomic E-state index is 12.0. The molecule has 0 bridgehead atoms. The number of hydrogen-bond acceptors (Lipinski definition) is 5. The van der Waals surface area contributed by atoms with Gasteiger partial charge in [-0.05, 0) is 5.92 Å². The standard InChI is InChI=1S/C12H11NO4/c14-4-7-1-9(15)12-8(5-16-10(12)2-7)11-3-13-6-17-11/h3,5-7,14H,1-2,4H2. The Morgan fingerprint density at radius 2 is 2.29 bits per heavy atom. The van der Waals surface area contributed by atoms with Crippen molar-refractivity contribution in [3.8, 4) is 11.3 Å². The van der Waals surface area contributed by atoms with Gasteiger partial charge in [-0.25, -0.2) is 4.98 Å². The second-order valence-electron chi connectivity index (χ2n) is 4.19. The Bertz CT molecular complexity index is 541. The number of aliphatic hydroxyl groups is 1. The number of fused-ring (bicyclic) bond motifs is 1. The molecule has 1 unspecified atom stereocenters. The summed E-state index contributed by atoms with van der Waals surface area (Å²) in [7, 11) is 0. The molecule has 1 atom stereocenters. The Balaban J connectivity index is 2.06. The molecule has 0 radical (unpaired) electrons. The van der Waals surface area contributed by atoms with E-state index in [9.17, 15) is 4.79 Å². The molecule has 1 N–H and O–H groups in total. The number of aromatic nitrogens is 1. The molecule has 2 aromatic rings. The molecular formula is C12H11NO4. The average molecular weight is 233 g/mol. The molecule has 2 heterocycles. The molecule has 17 heavy (non-hydrogen) atoms. The van der Waals surface area contributed by atoms with Crippen LogP contribution in [0.5, 0.6) is 0 Å². The highest BCUT2D eigenvalue weighted by molar-refractivity contribution is 6.03. The third-order valence-electron chi connectivity index (χ3n) is 3.05. The third kappa shape index (κ3) is 1.59. The summed E-state index contributed by atoms with van der Waals surface area (Å²) in [6, 6.07) is 0. The Labute approximate surface area is 97.1 Å². The van der Waals surface area contributed by atoms with Gasteiger partial charge in [0.1, 0.15) is 12.0 Å². The van der Waals surface area contributed by atoms with E-state index < -0.39 is 0 Å². The van der Waals surface area contributed by atoms with Gasteiger partial charge < -0.3 is 13.9 Å². The van der Waals surface area contributed by atoms with Gasteiger partial charge in [-0.3, -0.25) is 4.79 Å². The molecule has 2 aromatic heterocycles. The molecule has 0 saturated heterocycles. The lowest BCUT2D eigenvalue weighted by molar-refractivity contribution is 0.0911. The van der Waals surface area contributed by atoms with Crippen LogP contribution in [0, 0.1) is 5.92 Å². The predicted octanol–water partition coefficient (Wildman–Crippen LogP) is 1.67. The normalized spacial score (nSPS) is 19.4. The second kappa shape index (κ2) is 3.85. The van der Waals surface area contributed by atoms with E-state index in [1.807, 2.05) is 0 Å². The van der Waals surface area contributed by atoms with Crippen molar-refractivity contribution in [1.82, 2.24) is 4.98 Å². The van der Waals surface area contributed by atoms with Crippen molar-refractivity contribution >= 4 is 5.78 Å². The molecule has 3 rings (SSSR count). The van der Waals surface area contributed by atoms with Crippen molar-refractivity contribution in [1.29, 1.82) is 0 Å². The van der Waals surface area contributed by atoms with Gasteiger partial charge in [-0.1, -0.05) is 0 Å². The number of furan rings is 1. The minimum absolute atomic E-state index is 0.00349. The molecule has 0 saturated carbocycles. The van der Waals surface area contributed by atoms with E-state index >= 15 is 0 Å². The summed E-state index contributed by atoms with van der Waals surface area (Å²) < 4.78 is 10.6. The molecule has 0 fully saturated rings. The quantitative estimate of drug-likeness (QED) is 0.853. The van der Waals surface area contributed by atoms with Crippen molar-refractivity contribution in [2.75, 3.05) is 6.61 Å². The molecule has 88 valence electrons. The largest absolute Gasteiger partial charge is 0.468 e. The van der Waals surface area contributed by atoms with Gasteiger partial charge in [0.25, 0.3) is 0 Å². The minimum atomic E-state index is -0.0382. The second-order valence-corrected chi connectivity index (χ2v) is 4.19. The first-order valence-electron chi connectivity index (χ1n) is 5.43. The summed E-state index contributed by atoms with van der Waals surface area (Å²) in [6.45, 7) is 0.00349. The molecule has 1 aliphatic carbocycles. The predicted molar refractivity (Wildman–Crippen MR) is 57.4 cm³/mol. The van der Waals surface area contributed by atoms with Crippen molar-refractivity contribution in [2.24, 2.45) is 5.92 Å². The molecule has 0 aromatic carbocycles. The van der Waals surface area contributed by atoms with Gasteiger partial charge in [0.15, 0.2) is 17.9 Å². The number of Topliss-reactive ketones (excluding diaryl/α,β-unsaturated/α-hetero) is 1. The first-order chi connectivity index (χ1) is 8.29. The van der Waals surface area contributed by atoms with Crippen LogP contribution in [-0.2, 0) is 6.42 Å². The van der Waals surface area contributed by atoms with Crippen molar-refractivity contribution < 1.29 is 18.7 Å². The van der Waals surface area contributed by atoms with Crippen LogP contribution in [0.1, 0.15) is 22.5 Å². The zero-order valence-electron chi connectivity index (χ0n) is 9.05. The Morgan fingerprint density at radius 1 is 1.41 bits per heavy atom. The summed E-state index contributed by atoms with van der Waals surface area (Å²) >= 11 is 0. The monoisotopic (exact) mass is 233 g/mol. The highest BCUT2D eigenvalue weighted by Crippen LogP contribution is 2.34. The Kier molecular flexibility index (Phi) is 2.33. The number of carbonyl (C=O) groups is 1. The van der Waals surface area contributed by atoms with E-state index in [1.165, 1.54) is 12.7 Å². The van der Waals surface area contributed by atoms with Gasteiger partial charge >= 0.3 is 0 Å². The summed E-state index contributed by atoms with van der Waals surface area (Å²) in [4.78, 5) is 15.8. The van der Waals surface area contributed by atoms with Crippen LogP contribution in [-0.4, -0.2) is 22.5 Å². The minimum Gasteiger partial charge on any atom is -0.468 e. The summed E-state index contributed by atoms with van der Waals surface area (Å²) in [5.41, 5.74) is 1.23. The lowest BCUT2D eigenvalue weighted by Gasteiger charge is -2.18. The fraction of sp³-hybridized carbons (Fsp3) is 0.333. The molecule has 0 spiro atoms. The molecule has 5 nitrogen and oxygen atoms in total. The number of oxazole rings is 1. The van der Waals surface area contributed by atoms with E-state index in [0.717, 1.165) is 0 Å². The van der Waals surface area contributed by atoms with Crippen LogP contribution in [0.2, 0.25) is 0 Å². The molecule has 0 aliphatic heterocycles. The topological polar surface area (TPSA) is 76.5 Å². The van der Waals surface area contributed by atoms with Crippen LogP contribution >= 0.6 is 0 Å². The fourth-order valence-corrected chi connectivity index (χ4v) is 2.21. The maximum Gasteiger partial charge on any atom is 0.181 e. The van der Waals surface area contributed by atoms with Crippen molar-refractivity contribution in [3.05, 3.63) is 30.2 Å². The number of carbonyl (C=O) groups excluding carboxylic acids is 1. The average Bonchev–Trinajstić information content (AvgIpc) is 2.96. The van der Waals surface area contributed by atoms with E-state index in [1.54, 1.807) is 6.20 Å². The van der Waals surface area contributed by atoms with E-state index in [0.29, 0.717) is 35.5 Å². The molecule has 5 heteroatoms. The van der Waals surface area contributed by atoms with Crippen LogP contribution in [0.4, 0.5) is 0 Å². The van der Waals surface area contributed by atoms with Gasteiger partial charge in [0.2, 0.25) is 0 Å². The smallest absolute Gasteiger partial charge is 0.181 e. The van der Waals surface area contributed by atoms with E-state index in [-0.39, 0.29) is 18.3 Å². The van der Waals surface area contributed by atoms with E-state index in [2.05, 4.69) is 4.98 Å². The number of aliphatic hydroxyl groups excluding tert-OH is 1. The Hall–Kier alpha value is -1.88. The summed E-state index contributed by atoms with van der Waals surface area (Å²) in [5.74, 6) is 1.12. The third-order valence-corrected chi connectivity index (χ3v) is 3.05. The highest BCUT2D eigenvalue weighted by Gasteiger charge is 2.31. The molecule has 1 aliphatic rings. The first kappa shape index (κ1) is 10.3. The van der Waals surface area contributed by atoms with E-state index in [4.69, 9.17) is 13.9 Å². The van der Waals surface area contributed by atoms with Crippen LogP contribution < -0.4 is 0 Å². The summed E-state index contributed by atoms with van der Waals surface area (Å²) in [6.07, 6.45) is 5.33. The van der Waals surface area contributed by atoms with Gasteiger partial charge in [0.05, 0.1) is 17.3 Å². The highest BCUT2D eigenvalue weighted by atomic mass is 16.3. The first-order valence-corrected chi connectivity index (χ1v) is 5.43. The molecular weight excluding hydrogens is 222 g/mol. The van der Waals surface area contributed by atoms with Crippen molar-refractivity contribution in [2.45, 2.75) is 12.8 Å². The van der Waals surface area contributed by atoms with Crippen LogP contribution in [0.3, 0.4) is 0 Å². The zero-order chi connectivity index (χ0) is 11.8. The number of hydrogen-bond donors (Lipinski definition) is 1.